The van der Waals surface area contributed by atoms with E-state index in [1.807, 2.05) is 0 Å². The zero-order valence-corrected chi connectivity index (χ0v) is 16.5. The van der Waals surface area contributed by atoms with Crippen LogP contribution in [0.4, 0.5) is 0 Å². The number of carbonyl (C=O) groups is 1. The van der Waals surface area contributed by atoms with Crippen molar-refractivity contribution in [2.45, 2.75) is 26.3 Å². The van der Waals surface area contributed by atoms with E-state index < -0.39 is 11.9 Å². The molecule has 1 saturated heterocycles. The van der Waals surface area contributed by atoms with Crippen molar-refractivity contribution in [2.24, 2.45) is 5.73 Å². The summed E-state index contributed by atoms with van der Waals surface area (Å²) in [4.78, 5) is 16.8. The lowest BCUT2D eigenvalue weighted by Crippen LogP contribution is -2.35. The largest absolute Gasteiger partial charge is 0.466 e. The van der Waals surface area contributed by atoms with Crippen LogP contribution in [0.5, 0.6) is 0 Å². The van der Waals surface area contributed by atoms with Gasteiger partial charge in [-0.2, -0.15) is 5.26 Å². The topological polar surface area (TPSA) is 97.8 Å². The van der Waals surface area contributed by atoms with E-state index in [1.165, 1.54) is 12.7 Å². The SMILES string of the molecule is COC(=O)C1=C(C)OC(N)=C(C#N)C1c1cc(CN2CCOCC2)c(C)s1. The molecule has 0 radical (unpaired) electrons. The molecule has 3 heterocycles. The summed E-state index contributed by atoms with van der Waals surface area (Å²) in [7, 11) is 1.32. The van der Waals surface area contributed by atoms with Gasteiger partial charge in [-0.1, -0.05) is 0 Å². The molecule has 1 atom stereocenters. The maximum absolute atomic E-state index is 12.4. The number of hydrogen-bond donors (Lipinski definition) is 1. The fourth-order valence-corrected chi connectivity index (χ4v) is 4.55. The van der Waals surface area contributed by atoms with Gasteiger partial charge in [-0.05, 0) is 25.5 Å². The van der Waals surface area contributed by atoms with Crippen molar-refractivity contribution in [1.29, 1.82) is 5.26 Å². The van der Waals surface area contributed by atoms with Crippen LogP contribution in [0.1, 0.15) is 28.2 Å². The Morgan fingerprint density at radius 2 is 2.15 bits per heavy atom. The van der Waals surface area contributed by atoms with Gasteiger partial charge in [0.2, 0.25) is 5.88 Å². The molecule has 1 aromatic heterocycles. The molecule has 27 heavy (non-hydrogen) atoms. The number of thiophene rings is 1. The number of carbonyl (C=O) groups excluding carboxylic acids is 1. The number of allylic oxidation sites excluding steroid dienone is 2. The summed E-state index contributed by atoms with van der Waals surface area (Å²) in [6.45, 7) is 7.79. The van der Waals surface area contributed by atoms with Gasteiger partial charge in [0.15, 0.2) is 0 Å². The number of ether oxygens (including phenoxy) is 3. The summed E-state index contributed by atoms with van der Waals surface area (Å²) >= 11 is 1.57. The van der Waals surface area contributed by atoms with Gasteiger partial charge in [-0.25, -0.2) is 4.79 Å². The molecule has 0 saturated carbocycles. The van der Waals surface area contributed by atoms with Crippen molar-refractivity contribution in [1.82, 2.24) is 4.90 Å². The quantitative estimate of drug-likeness (QED) is 0.788. The van der Waals surface area contributed by atoms with Crippen molar-refractivity contribution in [3.8, 4) is 6.07 Å². The summed E-state index contributed by atoms with van der Waals surface area (Å²) in [5.41, 5.74) is 7.68. The van der Waals surface area contributed by atoms with E-state index in [2.05, 4.69) is 24.0 Å². The van der Waals surface area contributed by atoms with Crippen LogP contribution in [0.25, 0.3) is 0 Å². The van der Waals surface area contributed by atoms with Gasteiger partial charge in [0, 0.05) is 29.4 Å². The average Bonchev–Trinajstić information content (AvgIpc) is 3.01. The Labute approximate surface area is 162 Å². The van der Waals surface area contributed by atoms with E-state index in [-0.39, 0.29) is 11.5 Å². The maximum Gasteiger partial charge on any atom is 0.338 e. The van der Waals surface area contributed by atoms with Crippen molar-refractivity contribution in [3.05, 3.63) is 44.2 Å². The van der Waals surface area contributed by atoms with E-state index in [1.54, 1.807) is 18.3 Å². The second-order valence-electron chi connectivity index (χ2n) is 6.50. The number of nitrogens with two attached hydrogens (primary N) is 1. The first-order valence-electron chi connectivity index (χ1n) is 8.72. The minimum Gasteiger partial charge on any atom is -0.466 e. The molecule has 0 bridgehead atoms. The minimum atomic E-state index is -0.571. The maximum atomic E-state index is 12.4. The lowest BCUT2D eigenvalue weighted by Gasteiger charge is -2.26. The molecule has 7 nitrogen and oxygen atoms in total. The van der Waals surface area contributed by atoms with Crippen LogP contribution in [-0.2, 0) is 25.5 Å². The van der Waals surface area contributed by atoms with Gasteiger partial charge in [0.25, 0.3) is 0 Å². The van der Waals surface area contributed by atoms with Crippen LogP contribution in [0.15, 0.2) is 28.9 Å². The Hall–Kier alpha value is -2.34. The highest BCUT2D eigenvalue weighted by atomic mass is 32.1. The van der Waals surface area contributed by atoms with Gasteiger partial charge in [0.1, 0.15) is 17.4 Å². The van der Waals surface area contributed by atoms with Crippen molar-refractivity contribution < 1.29 is 19.0 Å². The molecule has 1 aromatic rings. The molecule has 144 valence electrons. The standard InChI is InChI=1S/C19H23N3O4S/c1-11-16(19(23)24-3)17(14(9-20)18(21)26-11)15-8-13(12(2)27-15)10-22-4-6-25-7-5-22/h8,17H,4-7,10,21H2,1-3H3. The van der Waals surface area contributed by atoms with E-state index in [0.29, 0.717) is 11.3 Å². The minimum absolute atomic E-state index is 0.0356. The summed E-state index contributed by atoms with van der Waals surface area (Å²) in [6, 6.07) is 4.17. The molecule has 2 aliphatic rings. The van der Waals surface area contributed by atoms with E-state index in [9.17, 15) is 10.1 Å². The third-order valence-electron chi connectivity index (χ3n) is 4.83. The molecular formula is C19H23N3O4S. The molecule has 2 aliphatic heterocycles. The first-order chi connectivity index (χ1) is 13.0. The summed E-state index contributed by atoms with van der Waals surface area (Å²) < 4.78 is 15.8. The molecule has 0 aromatic carbocycles. The zero-order chi connectivity index (χ0) is 19.6. The lowest BCUT2D eigenvalue weighted by atomic mass is 9.87. The predicted molar refractivity (Wildman–Crippen MR) is 101 cm³/mol. The highest BCUT2D eigenvalue weighted by Crippen LogP contribution is 2.43. The van der Waals surface area contributed by atoms with E-state index in [4.69, 9.17) is 19.9 Å². The number of methoxy groups -OCH3 is 1. The molecule has 0 aliphatic carbocycles. The first kappa shape index (κ1) is 19.4. The number of esters is 1. The first-order valence-corrected chi connectivity index (χ1v) is 9.53. The fourth-order valence-electron chi connectivity index (χ4n) is 3.39. The monoisotopic (exact) mass is 389 g/mol. The van der Waals surface area contributed by atoms with Crippen molar-refractivity contribution in [3.63, 3.8) is 0 Å². The Kier molecular flexibility index (Phi) is 5.85. The van der Waals surface area contributed by atoms with Crippen molar-refractivity contribution in [2.75, 3.05) is 33.4 Å². The molecule has 2 N–H and O–H groups in total. The van der Waals surface area contributed by atoms with Crippen LogP contribution in [0.2, 0.25) is 0 Å². The van der Waals surface area contributed by atoms with Gasteiger partial charge in [-0.3, -0.25) is 4.90 Å². The lowest BCUT2D eigenvalue weighted by molar-refractivity contribution is -0.136. The van der Waals surface area contributed by atoms with Gasteiger partial charge in [-0.15, -0.1) is 11.3 Å². The average molecular weight is 389 g/mol. The van der Waals surface area contributed by atoms with Crippen LogP contribution in [0.3, 0.4) is 0 Å². The summed E-state index contributed by atoms with van der Waals surface area (Å²) in [5, 5.41) is 9.63. The Bertz CT molecular complexity index is 844. The number of rotatable bonds is 4. The second-order valence-corrected chi connectivity index (χ2v) is 7.79. The smallest absolute Gasteiger partial charge is 0.338 e. The molecule has 1 fully saturated rings. The Morgan fingerprint density at radius 1 is 1.44 bits per heavy atom. The number of hydrogen-bond acceptors (Lipinski definition) is 8. The highest BCUT2D eigenvalue weighted by molar-refractivity contribution is 7.12. The number of aryl methyl sites for hydroxylation is 1. The molecule has 1 unspecified atom stereocenters. The van der Waals surface area contributed by atoms with Crippen LogP contribution < -0.4 is 5.73 Å². The predicted octanol–water partition coefficient (Wildman–Crippen LogP) is 2.14. The zero-order valence-electron chi connectivity index (χ0n) is 15.7. The summed E-state index contributed by atoms with van der Waals surface area (Å²) in [5.74, 6) is -0.686. The number of nitriles is 1. The fraction of sp³-hybridized carbons (Fsp3) is 0.474. The van der Waals surface area contributed by atoms with Crippen LogP contribution in [0, 0.1) is 18.3 Å². The molecule has 8 heteroatoms. The molecular weight excluding hydrogens is 366 g/mol. The summed E-state index contributed by atoms with van der Waals surface area (Å²) in [6.07, 6.45) is 0. The van der Waals surface area contributed by atoms with Crippen molar-refractivity contribution >= 4 is 17.3 Å². The van der Waals surface area contributed by atoms with Crippen LogP contribution in [-0.4, -0.2) is 44.3 Å². The van der Waals surface area contributed by atoms with E-state index >= 15 is 0 Å². The van der Waals surface area contributed by atoms with Crippen LogP contribution >= 0.6 is 11.3 Å². The molecule has 0 amide bonds. The molecule has 0 spiro atoms. The number of morpholine rings is 1. The van der Waals surface area contributed by atoms with E-state index in [0.717, 1.165) is 42.6 Å². The third-order valence-corrected chi connectivity index (χ3v) is 5.99. The second kappa shape index (κ2) is 8.13. The van der Waals surface area contributed by atoms with Gasteiger partial charge >= 0.3 is 5.97 Å². The normalized spacial score (nSPS) is 21.0. The van der Waals surface area contributed by atoms with Gasteiger partial charge < -0.3 is 19.9 Å². The Morgan fingerprint density at radius 3 is 2.78 bits per heavy atom. The third kappa shape index (κ3) is 3.86. The highest BCUT2D eigenvalue weighted by Gasteiger charge is 2.37. The molecule has 3 rings (SSSR count). The number of nitrogens with zero attached hydrogens (tertiary/aromatic N) is 2. The van der Waals surface area contributed by atoms with Gasteiger partial charge in [0.05, 0.1) is 31.8 Å². The Balaban J connectivity index is 1.98.